The molecule has 0 amide bonds. The standard InChI is InChI=1S/C7H3Br2N3O/c8-4-1-3-2-10-12-7(13)5(3)6(9)11-4/h1-2H,(H,12,13). The van der Waals surface area contributed by atoms with Crippen LogP contribution in [0.5, 0.6) is 0 Å². The van der Waals surface area contributed by atoms with Gasteiger partial charge in [0.1, 0.15) is 9.21 Å². The first kappa shape index (κ1) is 8.83. The van der Waals surface area contributed by atoms with Gasteiger partial charge in [0, 0.05) is 5.39 Å². The molecule has 0 radical (unpaired) electrons. The first-order valence-corrected chi connectivity index (χ1v) is 4.96. The van der Waals surface area contributed by atoms with Crippen LogP contribution in [-0.2, 0) is 0 Å². The average Bonchev–Trinajstić information content (AvgIpc) is 2.02. The zero-order valence-electron chi connectivity index (χ0n) is 6.21. The molecule has 66 valence electrons. The maximum absolute atomic E-state index is 11.3. The third kappa shape index (κ3) is 1.51. The minimum atomic E-state index is -0.246. The number of nitrogens with one attached hydrogen (secondary N) is 1. The van der Waals surface area contributed by atoms with E-state index in [1.54, 1.807) is 12.3 Å². The van der Waals surface area contributed by atoms with Crippen LogP contribution in [0, 0.1) is 0 Å². The highest BCUT2D eigenvalue weighted by Crippen LogP contribution is 2.21. The lowest BCUT2D eigenvalue weighted by molar-refractivity contribution is 1.01. The van der Waals surface area contributed by atoms with Crippen LogP contribution in [0.15, 0.2) is 26.3 Å². The van der Waals surface area contributed by atoms with Gasteiger partial charge in [-0.25, -0.2) is 10.1 Å². The maximum Gasteiger partial charge on any atom is 0.274 e. The summed E-state index contributed by atoms with van der Waals surface area (Å²) in [5.41, 5.74) is -0.246. The van der Waals surface area contributed by atoms with Gasteiger partial charge in [0.25, 0.3) is 5.56 Å². The number of hydrogen-bond acceptors (Lipinski definition) is 3. The Kier molecular flexibility index (Phi) is 2.17. The normalized spacial score (nSPS) is 10.6. The van der Waals surface area contributed by atoms with Crippen LogP contribution >= 0.6 is 31.9 Å². The summed E-state index contributed by atoms with van der Waals surface area (Å²) in [6, 6.07) is 1.74. The number of fused-ring (bicyclic) bond motifs is 1. The molecule has 2 aromatic heterocycles. The minimum absolute atomic E-state index is 0.246. The summed E-state index contributed by atoms with van der Waals surface area (Å²) in [6.45, 7) is 0. The largest absolute Gasteiger partial charge is 0.274 e. The summed E-state index contributed by atoms with van der Waals surface area (Å²) >= 11 is 6.44. The number of aromatic amines is 1. The zero-order valence-corrected chi connectivity index (χ0v) is 9.39. The summed E-state index contributed by atoms with van der Waals surface area (Å²) in [6.07, 6.45) is 1.58. The molecule has 0 aliphatic heterocycles. The van der Waals surface area contributed by atoms with Crippen LogP contribution < -0.4 is 5.56 Å². The Morgan fingerprint density at radius 3 is 2.92 bits per heavy atom. The predicted octanol–water partition coefficient (Wildman–Crippen LogP) is 1.84. The maximum atomic E-state index is 11.3. The van der Waals surface area contributed by atoms with E-state index in [4.69, 9.17) is 0 Å². The topological polar surface area (TPSA) is 58.6 Å². The lowest BCUT2D eigenvalue weighted by Gasteiger charge is -1.98. The van der Waals surface area contributed by atoms with E-state index < -0.39 is 0 Å². The SMILES string of the molecule is O=c1[nH]ncc2cc(Br)nc(Br)c12. The van der Waals surface area contributed by atoms with E-state index in [9.17, 15) is 4.79 Å². The molecule has 1 N–H and O–H groups in total. The van der Waals surface area contributed by atoms with Crippen molar-refractivity contribution in [2.75, 3.05) is 0 Å². The molecule has 13 heavy (non-hydrogen) atoms. The van der Waals surface area contributed by atoms with E-state index in [0.29, 0.717) is 14.6 Å². The van der Waals surface area contributed by atoms with E-state index in [0.717, 1.165) is 5.39 Å². The molecule has 0 spiro atoms. The van der Waals surface area contributed by atoms with Gasteiger partial charge in [0.05, 0.1) is 11.6 Å². The molecule has 4 nitrogen and oxygen atoms in total. The molecular weight excluding hydrogens is 302 g/mol. The average molecular weight is 305 g/mol. The van der Waals surface area contributed by atoms with Gasteiger partial charge in [-0.2, -0.15) is 5.10 Å². The number of hydrogen-bond donors (Lipinski definition) is 1. The van der Waals surface area contributed by atoms with E-state index in [2.05, 4.69) is 47.0 Å². The highest BCUT2D eigenvalue weighted by molar-refractivity contribution is 9.11. The Morgan fingerprint density at radius 2 is 2.15 bits per heavy atom. The number of nitrogens with zero attached hydrogens (tertiary/aromatic N) is 2. The molecule has 0 saturated heterocycles. The van der Waals surface area contributed by atoms with Crippen LogP contribution in [0.25, 0.3) is 10.8 Å². The van der Waals surface area contributed by atoms with Crippen LogP contribution in [0.1, 0.15) is 0 Å². The van der Waals surface area contributed by atoms with Gasteiger partial charge < -0.3 is 0 Å². The van der Waals surface area contributed by atoms with Gasteiger partial charge in [0.2, 0.25) is 0 Å². The molecule has 2 heterocycles. The molecular formula is C7H3Br2N3O. The third-order valence-corrected chi connectivity index (χ3v) is 2.55. The second-order valence-corrected chi connectivity index (χ2v) is 3.96. The van der Waals surface area contributed by atoms with Crippen molar-refractivity contribution in [2.24, 2.45) is 0 Å². The Hall–Kier alpha value is -0.750. The fraction of sp³-hybridized carbons (Fsp3) is 0. The second-order valence-electron chi connectivity index (χ2n) is 2.40. The van der Waals surface area contributed by atoms with Gasteiger partial charge in [-0.05, 0) is 37.9 Å². The fourth-order valence-electron chi connectivity index (χ4n) is 1.04. The molecule has 2 rings (SSSR count). The minimum Gasteiger partial charge on any atom is -0.267 e. The van der Waals surface area contributed by atoms with Crippen molar-refractivity contribution < 1.29 is 0 Å². The molecule has 0 atom stereocenters. The molecule has 0 unspecified atom stereocenters. The highest BCUT2D eigenvalue weighted by Gasteiger charge is 2.05. The van der Waals surface area contributed by atoms with Crippen molar-refractivity contribution in [2.45, 2.75) is 0 Å². The van der Waals surface area contributed by atoms with Crippen LogP contribution in [-0.4, -0.2) is 15.2 Å². The van der Waals surface area contributed by atoms with Crippen LogP contribution in [0.2, 0.25) is 0 Å². The van der Waals surface area contributed by atoms with Gasteiger partial charge in [-0.1, -0.05) is 0 Å². The molecule has 0 bridgehead atoms. The smallest absolute Gasteiger partial charge is 0.267 e. The summed E-state index contributed by atoms with van der Waals surface area (Å²) in [5.74, 6) is 0. The van der Waals surface area contributed by atoms with Crippen LogP contribution in [0.3, 0.4) is 0 Å². The third-order valence-electron chi connectivity index (χ3n) is 1.57. The number of rotatable bonds is 0. The molecule has 0 aliphatic rings. The second kappa shape index (κ2) is 3.19. The summed E-state index contributed by atoms with van der Waals surface area (Å²) < 4.78 is 1.18. The van der Waals surface area contributed by atoms with Gasteiger partial charge >= 0.3 is 0 Å². The van der Waals surface area contributed by atoms with E-state index in [1.165, 1.54) is 0 Å². The molecule has 6 heteroatoms. The number of aromatic nitrogens is 3. The highest BCUT2D eigenvalue weighted by atomic mass is 79.9. The lowest BCUT2D eigenvalue weighted by Crippen LogP contribution is -2.08. The first-order valence-electron chi connectivity index (χ1n) is 3.38. The Bertz CT molecular complexity index is 523. The Labute approximate surface area is 89.6 Å². The number of pyridine rings is 1. The quantitative estimate of drug-likeness (QED) is 0.756. The number of halogens is 2. The summed E-state index contributed by atoms with van der Waals surface area (Å²) in [5, 5.41) is 7.29. The monoisotopic (exact) mass is 303 g/mol. The van der Waals surface area contributed by atoms with Crippen molar-refractivity contribution in [3.8, 4) is 0 Å². The molecule has 0 aromatic carbocycles. The lowest BCUT2D eigenvalue weighted by atomic mass is 10.3. The van der Waals surface area contributed by atoms with Gasteiger partial charge in [-0.15, -0.1) is 0 Å². The zero-order chi connectivity index (χ0) is 9.42. The van der Waals surface area contributed by atoms with E-state index >= 15 is 0 Å². The molecule has 0 fully saturated rings. The Balaban J connectivity index is 3.03. The summed E-state index contributed by atoms with van der Waals surface area (Å²) in [7, 11) is 0. The number of H-pyrrole nitrogens is 1. The van der Waals surface area contributed by atoms with E-state index in [-0.39, 0.29) is 5.56 Å². The van der Waals surface area contributed by atoms with Crippen LogP contribution in [0.4, 0.5) is 0 Å². The van der Waals surface area contributed by atoms with Crippen molar-refractivity contribution in [3.05, 3.63) is 31.8 Å². The Morgan fingerprint density at radius 1 is 1.38 bits per heavy atom. The van der Waals surface area contributed by atoms with Crippen molar-refractivity contribution in [1.29, 1.82) is 0 Å². The van der Waals surface area contributed by atoms with Crippen molar-refractivity contribution in [3.63, 3.8) is 0 Å². The van der Waals surface area contributed by atoms with Gasteiger partial charge in [0.15, 0.2) is 0 Å². The van der Waals surface area contributed by atoms with E-state index in [1.807, 2.05) is 0 Å². The fourth-order valence-corrected chi connectivity index (χ4v) is 2.31. The van der Waals surface area contributed by atoms with Crippen molar-refractivity contribution in [1.82, 2.24) is 15.2 Å². The van der Waals surface area contributed by atoms with Crippen molar-refractivity contribution >= 4 is 42.6 Å². The molecule has 2 aromatic rings. The molecule has 0 saturated carbocycles. The predicted molar refractivity (Wildman–Crippen MR) is 55.6 cm³/mol. The van der Waals surface area contributed by atoms with Gasteiger partial charge in [-0.3, -0.25) is 4.79 Å². The summed E-state index contributed by atoms with van der Waals surface area (Å²) in [4.78, 5) is 15.4. The first-order chi connectivity index (χ1) is 6.18. The molecule has 0 aliphatic carbocycles.